The van der Waals surface area contributed by atoms with Crippen molar-refractivity contribution in [1.82, 2.24) is 30.4 Å². The summed E-state index contributed by atoms with van der Waals surface area (Å²) in [5, 5.41) is 6.09. The maximum absolute atomic E-state index is 14.0. The Kier molecular flexibility index (Phi) is 10.4. The predicted octanol–water partition coefficient (Wildman–Crippen LogP) is 4.51. The average Bonchev–Trinajstić information content (AvgIpc) is 3.59. The number of benzene rings is 2. The predicted molar refractivity (Wildman–Crippen MR) is 215 cm³/mol. The van der Waals surface area contributed by atoms with Gasteiger partial charge in [0.15, 0.2) is 0 Å². The standard InChI is InChI=1S/C43H50F2N8O5/c1-25-19-31-29-5-3-4-6-32(29)46-39(31)40(53(25)23-37(44)45)30-8-7-27(20-36(30)57-2)51-15-13-26(14-16-51)21-50-17-18-52-28(22-50)24-58-43-35(52)11-9-34(48-43)41(55)47-33-10-12-38(54)49-42(33)56/h3-9,11,20,25-26,28,33,37,40,46H,10,12-19,21-24H2,1-2H3,(H,47,55)(H,49,54,56)/t25-,28?,33?,40-/m0/s1. The number of nitrogens with zero attached hydrogens (tertiary/aromatic N) is 5. The minimum atomic E-state index is -2.46. The molecule has 15 heteroatoms. The largest absolute Gasteiger partial charge is 0.496 e. The summed E-state index contributed by atoms with van der Waals surface area (Å²) in [5.41, 5.74) is 6.18. The molecule has 2 aromatic heterocycles. The lowest BCUT2D eigenvalue weighted by molar-refractivity contribution is -0.134. The highest BCUT2D eigenvalue weighted by Gasteiger charge is 2.39. The van der Waals surface area contributed by atoms with Gasteiger partial charge in [0.05, 0.1) is 25.7 Å². The third-order valence-corrected chi connectivity index (χ3v) is 12.8. The highest BCUT2D eigenvalue weighted by Crippen LogP contribution is 2.45. The van der Waals surface area contributed by atoms with Gasteiger partial charge in [-0.1, -0.05) is 24.3 Å². The van der Waals surface area contributed by atoms with E-state index in [9.17, 15) is 23.2 Å². The number of nitrogens with one attached hydrogen (secondary N) is 3. The van der Waals surface area contributed by atoms with Crippen LogP contribution in [-0.4, -0.2) is 122 Å². The molecule has 3 saturated heterocycles. The second-order valence-corrected chi connectivity index (χ2v) is 16.4. The number of aromatic nitrogens is 2. The number of imide groups is 1. The summed E-state index contributed by atoms with van der Waals surface area (Å²) in [4.78, 5) is 53.8. The molecular weight excluding hydrogens is 747 g/mol. The molecule has 0 spiro atoms. The summed E-state index contributed by atoms with van der Waals surface area (Å²) in [6.45, 7) is 7.64. The number of halogens is 2. The van der Waals surface area contributed by atoms with E-state index in [0.717, 1.165) is 85.6 Å². The molecule has 306 valence electrons. The highest BCUT2D eigenvalue weighted by atomic mass is 19.3. The number of methoxy groups -OCH3 is 1. The van der Waals surface area contributed by atoms with Gasteiger partial charge < -0.3 is 29.6 Å². The van der Waals surface area contributed by atoms with Crippen LogP contribution in [0.3, 0.4) is 0 Å². The molecule has 0 saturated carbocycles. The molecule has 3 amide bonds. The summed E-state index contributed by atoms with van der Waals surface area (Å²) >= 11 is 0. The molecule has 2 aromatic carbocycles. The van der Waals surface area contributed by atoms with Crippen LogP contribution in [0.2, 0.25) is 0 Å². The molecule has 3 fully saturated rings. The van der Waals surface area contributed by atoms with E-state index in [1.807, 2.05) is 36.1 Å². The molecule has 0 radical (unpaired) electrons. The number of alkyl halides is 2. The van der Waals surface area contributed by atoms with Crippen molar-refractivity contribution in [2.45, 2.75) is 69.6 Å². The molecule has 3 N–H and O–H groups in total. The first kappa shape index (κ1) is 38.2. The Hall–Kier alpha value is -5.28. The Morgan fingerprint density at radius 3 is 2.67 bits per heavy atom. The van der Waals surface area contributed by atoms with Crippen molar-refractivity contribution in [3.8, 4) is 11.6 Å². The normalized spacial score (nSPS) is 24.2. The lowest BCUT2D eigenvalue weighted by atomic mass is 9.88. The fourth-order valence-corrected chi connectivity index (χ4v) is 9.82. The monoisotopic (exact) mass is 796 g/mol. The number of carbonyl (C=O) groups is 3. The molecule has 0 aliphatic carbocycles. The number of aromatic amines is 1. The van der Waals surface area contributed by atoms with E-state index in [0.29, 0.717) is 30.6 Å². The maximum atomic E-state index is 14.0. The van der Waals surface area contributed by atoms with Crippen LogP contribution in [0.4, 0.5) is 20.2 Å². The van der Waals surface area contributed by atoms with Gasteiger partial charge in [0.2, 0.25) is 17.7 Å². The van der Waals surface area contributed by atoms with Gasteiger partial charge in [0.25, 0.3) is 12.3 Å². The lowest BCUT2D eigenvalue weighted by Gasteiger charge is -2.46. The fraction of sp³-hybridized carbons (Fsp3) is 0.488. The number of hydrogen-bond acceptors (Lipinski definition) is 10. The van der Waals surface area contributed by atoms with Crippen LogP contribution in [0, 0.1) is 5.92 Å². The number of hydrogen-bond donors (Lipinski definition) is 3. The number of piperazine rings is 1. The number of carbonyl (C=O) groups excluding carboxylic acids is 3. The first-order chi connectivity index (χ1) is 28.1. The van der Waals surface area contributed by atoms with Gasteiger partial charge in [-0.25, -0.2) is 13.8 Å². The van der Waals surface area contributed by atoms with Crippen molar-refractivity contribution >= 4 is 40.0 Å². The van der Waals surface area contributed by atoms with Crippen molar-refractivity contribution in [3.63, 3.8) is 0 Å². The van der Waals surface area contributed by atoms with Crippen LogP contribution in [-0.2, 0) is 16.0 Å². The topological polar surface area (TPSA) is 135 Å². The molecular formula is C43H50F2N8O5. The molecule has 4 aromatic rings. The molecule has 5 aliphatic rings. The van der Waals surface area contributed by atoms with E-state index in [4.69, 9.17) is 9.47 Å². The average molecular weight is 797 g/mol. The van der Waals surface area contributed by atoms with Gasteiger partial charge in [-0.15, -0.1) is 0 Å². The minimum absolute atomic E-state index is 0.0709. The number of rotatable bonds is 9. The second-order valence-electron chi connectivity index (χ2n) is 16.4. The summed E-state index contributed by atoms with van der Waals surface area (Å²) in [7, 11) is 1.67. The molecule has 9 rings (SSSR count). The smallest absolute Gasteiger partial charge is 0.270 e. The number of ether oxygens (including phenoxy) is 2. The van der Waals surface area contributed by atoms with Crippen molar-refractivity contribution in [2.75, 3.05) is 69.3 Å². The van der Waals surface area contributed by atoms with Crippen molar-refractivity contribution < 1.29 is 32.6 Å². The van der Waals surface area contributed by atoms with Crippen LogP contribution < -0.4 is 29.9 Å². The van der Waals surface area contributed by atoms with E-state index in [1.165, 1.54) is 5.56 Å². The zero-order valence-electron chi connectivity index (χ0n) is 32.9. The van der Waals surface area contributed by atoms with Gasteiger partial charge in [-0.3, -0.25) is 29.5 Å². The number of pyridine rings is 1. The molecule has 2 unspecified atom stereocenters. The van der Waals surface area contributed by atoms with Gasteiger partial charge in [0.1, 0.15) is 29.8 Å². The van der Waals surface area contributed by atoms with E-state index in [-0.39, 0.29) is 49.1 Å². The third-order valence-electron chi connectivity index (χ3n) is 12.8. The zero-order chi connectivity index (χ0) is 40.1. The summed E-state index contributed by atoms with van der Waals surface area (Å²) in [5.74, 6) is 0.358. The van der Waals surface area contributed by atoms with Gasteiger partial charge in [-0.05, 0) is 68.4 Å². The van der Waals surface area contributed by atoms with E-state index < -0.39 is 24.3 Å². The van der Waals surface area contributed by atoms with Crippen molar-refractivity contribution in [1.29, 1.82) is 0 Å². The molecule has 4 atom stereocenters. The van der Waals surface area contributed by atoms with Crippen LogP contribution in [0.25, 0.3) is 10.9 Å². The summed E-state index contributed by atoms with van der Waals surface area (Å²) in [6.07, 6.45) is 0.797. The van der Waals surface area contributed by atoms with E-state index in [1.54, 1.807) is 13.2 Å². The van der Waals surface area contributed by atoms with Gasteiger partial charge in [0, 0.05) is 85.6 Å². The Bertz CT molecular complexity index is 2210. The van der Waals surface area contributed by atoms with Gasteiger partial charge >= 0.3 is 0 Å². The van der Waals surface area contributed by atoms with E-state index in [2.05, 4.69) is 59.6 Å². The van der Waals surface area contributed by atoms with Crippen molar-refractivity contribution in [3.05, 3.63) is 77.1 Å². The number of anilines is 2. The third kappa shape index (κ3) is 7.34. The Morgan fingerprint density at radius 2 is 1.88 bits per heavy atom. The van der Waals surface area contributed by atoms with Crippen LogP contribution >= 0.6 is 0 Å². The highest BCUT2D eigenvalue weighted by molar-refractivity contribution is 6.03. The summed E-state index contributed by atoms with van der Waals surface area (Å²) in [6, 6.07) is 16.9. The number of piperidine rings is 2. The number of fused-ring (bicyclic) bond motifs is 6. The van der Waals surface area contributed by atoms with Gasteiger partial charge in [-0.2, -0.15) is 0 Å². The Labute approximate surface area is 336 Å². The van der Waals surface area contributed by atoms with Crippen LogP contribution in [0.15, 0.2) is 54.6 Å². The quantitative estimate of drug-likeness (QED) is 0.208. The number of para-hydroxylation sites is 1. The summed E-state index contributed by atoms with van der Waals surface area (Å²) < 4.78 is 40.2. The molecule has 5 aliphatic heterocycles. The molecule has 7 heterocycles. The zero-order valence-corrected chi connectivity index (χ0v) is 32.9. The SMILES string of the molecule is COc1cc(N2CCC(CN3CCN4c5ccc(C(=O)NC6CCC(=O)NC6=O)nc5OCC4C3)CC2)ccc1[C@H]1c2[nH]c3ccccc3c2C[C@H](C)N1CC(F)F. The fourth-order valence-electron chi connectivity index (χ4n) is 9.82. The second kappa shape index (κ2) is 15.8. The molecule has 58 heavy (non-hydrogen) atoms. The van der Waals surface area contributed by atoms with Crippen LogP contribution in [0.5, 0.6) is 11.6 Å². The molecule has 0 bridgehead atoms. The number of H-pyrrole nitrogens is 1. The molecule has 13 nitrogen and oxygen atoms in total. The Morgan fingerprint density at radius 1 is 1.05 bits per heavy atom. The lowest BCUT2D eigenvalue weighted by Crippen LogP contribution is -2.58. The first-order valence-electron chi connectivity index (χ1n) is 20.5. The van der Waals surface area contributed by atoms with Crippen molar-refractivity contribution in [2.24, 2.45) is 5.92 Å². The number of amides is 3. The van der Waals surface area contributed by atoms with Crippen LogP contribution in [0.1, 0.15) is 66.0 Å². The maximum Gasteiger partial charge on any atom is 0.270 e. The van der Waals surface area contributed by atoms with E-state index >= 15 is 0 Å². The Balaban J connectivity index is 0.818. The first-order valence-corrected chi connectivity index (χ1v) is 20.5. The minimum Gasteiger partial charge on any atom is -0.496 e.